The van der Waals surface area contributed by atoms with Gasteiger partial charge in [0.15, 0.2) is 0 Å². The van der Waals surface area contributed by atoms with Gasteiger partial charge in [0.05, 0.1) is 13.1 Å². The first-order valence-electron chi connectivity index (χ1n) is 3.62. The number of hydrogen-bond donors (Lipinski definition) is 2. The SMILES string of the molecule is C=CCNCC(F)F.NCC(F)F. The van der Waals surface area contributed by atoms with Gasteiger partial charge >= 0.3 is 0 Å². The van der Waals surface area contributed by atoms with E-state index >= 15 is 0 Å². The van der Waals surface area contributed by atoms with Crippen LogP contribution < -0.4 is 11.1 Å². The molecule has 0 unspecified atom stereocenters. The molecule has 3 N–H and O–H groups in total. The molecular weight excluding hydrogens is 188 g/mol. The standard InChI is InChI=1S/C5H9F2N.C2H5F2N/c1-2-3-8-4-5(6)7;3-2(4)1-5/h2,5,8H,1,3-4H2;2H,1,5H2. The number of alkyl halides is 4. The monoisotopic (exact) mass is 202 g/mol. The van der Waals surface area contributed by atoms with Crippen LogP contribution in [-0.2, 0) is 0 Å². The molecule has 0 aromatic rings. The van der Waals surface area contributed by atoms with Crippen molar-refractivity contribution in [1.29, 1.82) is 0 Å². The first-order chi connectivity index (χ1) is 6.04. The molecule has 0 aliphatic carbocycles. The molecule has 0 aliphatic rings. The van der Waals surface area contributed by atoms with Crippen molar-refractivity contribution in [1.82, 2.24) is 5.32 Å². The number of halogens is 4. The molecule has 0 fully saturated rings. The Hall–Kier alpha value is -0.620. The molecule has 0 saturated carbocycles. The van der Waals surface area contributed by atoms with Gasteiger partial charge in [0.1, 0.15) is 0 Å². The molecule has 13 heavy (non-hydrogen) atoms. The van der Waals surface area contributed by atoms with E-state index < -0.39 is 19.4 Å². The predicted octanol–water partition coefficient (Wildman–Crippen LogP) is 1.24. The maximum atomic E-state index is 11.3. The Morgan fingerprint density at radius 3 is 1.92 bits per heavy atom. The molecule has 0 aromatic heterocycles. The summed E-state index contributed by atoms with van der Waals surface area (Å²) in [6.45, 7) is 3.03. The molecule has 0 atom stereocenters. The zero-order chi connectivity index (χ0) is 10.7. The van der Waals surface area contributed by atoms with Crippen LogP contribution in [0.25, 0.3) is 0 Å². The normalized spacial score (nSPS) is 9.77. The average molecular weight is 202 g/mol. The minimum Gasteiger partial charge on any atom is -0.325 e. The summed E-state index contributed by atoms with van der Waals surface area (Å²) in [4.78, 5) is 0. The van der Waals surface area contributed by atoms with Crippen molar-refractivity contribution in [2.45, 2.75) is 12.9 Å². The first kappa shape index (κ1) is 14.9. The minimum absolute atomic E-state index is 0.244. The predicted molar refractivity (Wildman–Crippen MR) is 44.1 cm³/mol. The lowest BCUT2D eigenvalue weighted by atomic mass is 10.6. The summed E-state index contributed by atoms with van der Waals surface area (Å²) in [6, 6.07) is 0. The molecule has 0 amide bonds. The largest absolute Gasteiger partial charge is 0.325 e. The van der Waals surface area contributed by atoms with Gasteiger partial charge in [-0.2, -0.15) is 0 Å². The molecule has 80 valence electrons. The van der Waals surface area contributed by atoms with Gasteiger partial charge in [-0.1, -0.05) is 6.08 Å². The molecule has 0 radical (unpaired) electrons. The maximum Gasteiger partial charge on any atom is 0.250 e. The van der Waals surface area contributed by atoms with E-state index in [9.17, 15) is 17.6 Å². The third kappa shape index (κ3) is 24.6. The number of rotatable bonds is 5. The van der Waals surface area contributed by atoms with Crippen molar-refractivity contribution in [3.05, 3.63) is 12.7 Å². The Bertz CT molecular complexity index is 109. The summed E-state index contributed by atoms with van der Waals surface area (Å²) in [6.07, 6.45) is -3.05. The van der Waals surface area contributed by atoms with Crippen LogP contribution in [0.4, 0.5) is 17.6 Å². The van der Waals surface area contributed by atoms with Gasteiger partial charge in [-0.25, -0.2) is 17.6 Å². The van der Waals surface area contributed by atoms with Crippen LogP contribution in [0.15, 0.2) is 12.7 Å². The van der Waals surface area contributed by atoms with Crippen molar-refractivity contribution in [3.63, 3.8) is 0 Å². The molecule has 0 bridgehead atoms. The summed E-state index contributed by atoms with van der Waals surface area (Å²) >= 11 is 0. The molecule has 0 saturated heterocycles. The van der Waals surface area contributed by atoms with E-state index in [1.165, 1.54) is 0 Å². The molecule has 0 spiro atoms. The smallest absolute Gasteiger partial charge is 0.250 e. The second-order valence-electron chi connectivity index (χ2n) is 1.96. The van der Waals surface area contributed by atoms with Crippen LogP contribution in [0.2, 0.25) is 0 Å². The van der Waals surface area contributed by atoms with Crippen molar-refractivity contribution in [2.75, 3.05) is 19.6 Å². The Kier molecular flexibility index (Phi) is 13.0. The maximum absolute atomic E-state index is 11.3. The highest BCUT2D eigenvalue weighted by atomic mass is 19.3. The van der Waals surface area contributed by atoms with Gasteiger partial charge in [-0.3, -0.25) is 0 Å². The second-order valence-corrected chi connectivity index (χ2v) is 1.96. The van der Waals surface area contributed by atoms with E-state index in [0.29, 0.717) is 6.54 Å². The number of nitrogens with one attached hydrogen (secondary N) is 1. The molecule has 0 rings (SSSR count). The van der Waals surface area contributed by atoms with Crippen molar-refractivity contribution in [3.8, 4) is 0 Å². The zero-order valence-electron chi connectivity index (χ0n) is 7.15. The van der Waals surface area contributed by atoms with Crippen LogP contribution in [0.3, 0.4) is 0 Å². The van der Waals surface area contributed by atoms with Crippen molar-refractivity contribution in [2.24, 2.45) is 5.73 Å². The molecule has 2 nitrogen and oxygen atoms in total. The van der Waals surface area contributed by atoms with E-state index in [2.05, 4.69) is 17.6 Å². The van der Waals surface area contributed by atoms with Gasteiger partial charge in [0.2, 0.25) is 0 Å². The lowest BCUT2D eigenvalue weighted by Crippen LogP contribution is -2.20. The number of nitrogens with two attached hydrogens (primary N) is 1. The molecule has 6 heteroatoms. The van der Waals surface area contributed by atoms with Gasteiger partial charge in [0, 0.05) is 6.54 Å². The van der Waals surface area contributed by atoms with E-state index in [1.54, 1.807) is 6.08 Å². The topological polar surface area (TPSA) is 38.0 Å². The molecular formula is C7H14F4N2. The zero-order valence-corrected chi connectivity index (χ0v) is 7.15. The summed E-state index contributed by atoms with van der Waals surface area (Å²) in [7, 11) is 0. The highest BCUT2D eigenvalue weighted by molar-refractivity contribution is 4.69. The van der Waals surface area contributed by atoms with E-state index in [0.717, 1.165) is 0 Å². The van der Waals surface area contributed by atoms with Crippen LogP contribution in [0.1, 0.15) is 0 Å². The third-order valence-corrected chi connectivity index (χ3v) is 0.765. The van der Waals surface area contributed by atoms with Gasteiger partial charge in [0.25, 0.3) is 12.9 Å². The summed E-state index contributed by atoms with van der Waals surface area (Å²) in [5.74, 6) is 0. The Morgan fingerprint density at radius 2 is 1.69 bits per heavy atom. The fourth-order valence-corrected chi connectivity index (χ4v) is 0.295. The lowest BCUT2D eigenvalue weighted by molar-refractivity contribution is 0.147. The molecule has 0 aromatic carbocycles. The van der Waals surface area contributed by atoms with Gasteiger partial charge in [-0.05, 0) is 0 Å². The van der Waals surface area contributed by atoms with Crippen molar-refractivity contribution < 1.29 is 17.6 Å². The van der Waals surface area contributed by atoms with E-state index in [1.807, 2.05) is 0 Å². The van der Waals surface area contributed by atoms with E-state index in [-0.39, 0.29) is 6.54 Å². The van der Waals surface area contributed by atoms with E-state index in [4.69, 9.17) is 0 Å². The lowest BCUT2D eigenvalue weighted by Gasteiger charge is -1.96. The van der Waals surface area contributed by atoms with Crippen LogP contribution >= 0.6 is 0 Å². The summed E-state index contributed by atoms with van der Waals surface area (Å²) in [5, 5.41) is 2.47. The average Bonchev–Trinajstić information content (AvgIpc) is 2.05. The Labute approximate surface area is 74.8 Å². The summed E-state index contributed by atoms with van der Waals surface area (Å²) in [5.41, 5.74) is 4.42. The fourth-order valence-electron chi connectivity index (χ4n) is 0.295. The minimum atomic E-state index is -2.34. The molecule has 0 aliphatic heterocycles. The fraction of sp³-hybridized carbons (Fsp3) is 0.714. The third-order valence-electron chi connectivity index (χ3n) is 0.765. The number of hydrogen-bond acceptors (Lipinski definition) is 2. The van der Waals surface area contributed by atoms with Crippen molar-refractivity contribution >= 4 is 0 Å². The summed E-state index contributed by atoms with van der Waals surface area (Å²) < 4.78 is 43.8. The van der Waals surface area contributed by atoms with Crippen LogP contribution in [0, 0.1) is 0 Å². The van der Waals surface area contributed by atoms with Crippen LogP contribution in [0.5, 0.6) is 0 Å². The highest BCUT2D eigenvalue weighted by Gasteiger charge is 1.97. The van der Waals surface area contributed by atoms with Gasteiger partial charge < -0.3 is 11.1 Å². The Balaban J connectivity index is 0. The highest BCUT2D eigenvalue weighted by Crippen LogP contribution is 1.86. The van der Waals surface area contributed by atoms with Crippen LogP contribution in [-0.4, -0.2) is 32.5 Å². The van der Waals surface area contributed by atoms with Gasteiger partial charge in [-0.15, -0.1) is 6.58 Å². The quantitative estimate of drug-likeness (QED) is 0.400. The second kappa shape index (κ2) is 11.4. The Morgan fingerprint density at radius 1 is 1.23 bits per heavy atom. The first-order valence-corrected chi connectivity index (χ1v) is 3.62. The molecule has 0 heterocycles.